The number of nitrogens with two attached hydrogens (primary N) is 1. The lowest BCUT2D eigenvalue weighted by Crippen LogP contribution is -2.25. The van der Waals surface area contributed by atoms with Gasteiger partial charge in [-0.2, -0.15) is 0 Å². The van der Waals surface area contributed by atoms with Gasteiger partial charge in [0.15, 0.2) is 0 Å². The molecule has 0 saturated carbocycles. The first-order chi connectivity index (χ1) is 7.27. The Kier molecular flexibility index (Phi) is 1.69. The van der Waals surface area contributed by atoms with Gasteiger partial charge in [-0.3, -0.25) is 0 Å². The molecule has 1 aliphatic heterocycles. The average Bonchev–Trinajstić information content (AvgIpc) is 2.65. The van der Waals surface area contributed by atoms with Crippen LogP contribution in [0.1, 0.15) is 12.0 Å². The van der Waals surface area contributed by atoms with E-state index in [1.165, 1.54) is 28.6 Å². The summed E-state index contributed by atoms with van der Waals surface area (Å²) in [5.74, 6) is 0. The molecule has 0 spiro atoms. The van der Waals surface area contributed by atoms with Crippen molar-refractivity contribution in [1.82, 2.24) is 4.98 Å². The summed E-state index contributed by atoms with van der Waals surface area (Å²) in [5, 5.41) is 1.22. The fourth-order valence-corrected chi connectivity index (χ4v) is 2.59. The Balaban J connectivity index is 2.38. The first-order valence-electron chi connectivity index (χ1n) is 5.37. The van der Waals surface area contributed by atoms with Crippen LogP contribution >= 0.6 is 0 Å². The van der Waals surface area contributed by atoms with Gasteiger partial charge in [0.2, 0.25) is 0 Å². The molecule has 3 rings (SSSR count). The standard InChI is InChI=1S/C12H15N3/c1-15-6-2-3-9-11-8(4-5-14-11)7-10(13)12(9)15/h4-5,7,14H,2-3,6,13H2,1H3. The zero-order chi connectivity index (χ0) is 10.4. The van der Waals surface area contributed by atoms with Crippen LogP contribution in [0.2, 0.25) is 0 Å². The monoisotopic (exact) mass is 201 g/mol. The van der Waals surface area contributed by atoms with Crippen molar-refractivity contribution in [3.8, 4) is 0 Å². The van der Waals surface area contributed by atoms with Crippen LogP contribution < -0.4 is 10.6 Å². The number of benzene rings is 1. The van der Waals surface area contributed by atoms with E-state index in [-0.39, 0.29) is 0 Å². The summed E-state index contributed by atoms with van der Waals surface area (Å²) >= 11 is 0. The molecule has 0 amide bonds. The van der Waals surface area contributed by atoms with Gasteiger partial charge < -0.3 is 15.6 Å². The number of aromatic amines is 1. The van der Waals surface area contributed by atoms with E-state index in [0.29, 0.717) is 0 Å². The zero-order valence-electron chi connectivity index (χ0n) is 8.88. The van der Waals surface area contributed by atoms with Gasteiger partial charge in [0.05, 0.1) is 16.9 Å². The van der Waals surface area contributed by atoms with Gasteiger partial charge in [0.25, 0.3) is 0 Å². The van der Waals surface area contributed by atoms with Gasteiger partial charge in [-0.15, -0.1) is 0 Å². The third-order valence-corrected chi connectivity index (χ3v) is 3.25. The van der Waals surface area contributed by atoms with Crippen LogP contribution in [-0.4, -0.2) is 18.6 Å². The number of aromatic nitrogens is 1. The second-order valence-electron chi connectivity index (χ2n) is 4.26. The molecule has 0 saturated heterocycles. The van der Waals surface area contributed by atoms with E-state index < -0.39 is 0 Å². The number of nitrogen functional groups attached to an aromatic ring is 1. The maximum atomic E-state index is 6.10. The Morgan fingerprint density at radius 2 is 2.33 bits per heavy atom. The van der Waals surface area contributed by atoms with Gasteiger partial charge in [-0.25, -0.2) is 0 Å². The quantitative estimate of drug-likeness (QED) is 0.641. The third kappa shape index (κ3) is 1.12. The first kappa shape index (κ1) is 8.65. The van der Waals surface area contributed by atoms with Crippen molar-refractivity contribution >= 4 is 22.3 Å². The van der Waals surface area contributed by atoms with Crippen LogP contribution in [0.15, 0.2) is 18.3 Å². The maximum absolute atomic E-state index is 6.10. The molecule has 3 N–H and O–H groups in total. The largest absolute Gasteiger partial charge is 0.397 e. The van der Waals surface area contributed by atoms with E-state index in [1.807, 2.05) is 6.20 Å². The van der Waals surface area contributed by atoms with Crippen molar-refractivity contribution in [2.75, 3.05) is 24.2 Å². The molecule has 15 heavy (non-hydrogen) atoms. The average molecular weight is 201 g/mol. The summed E-state index contributed by atoms with van der Waals surface area (Å²) in [5.41, 5.74) is 10.9. The molecule has 3 nitrogen and oxygen atoms in total. The molecule has 0 aliphatic carbocycles. The van der Waals surface area contributed by atoms with Gasteiger partial charge >= 0.3 is 0 Å². The van der Waals surface area contributed by atoms with Crippen molar-refractivity contribution in [3.63, 3.8) is 0 Å². The number of hydrogen-bond acceptors (Lipinski definition) is 2. The molecular weight excluding hydrogens is 186 g/mol. The lowest BCUT2D eigenvalue weighted by Gasteiger charge is -2.29. The van der Waals surface area contributed by atoms with Crippen LogP contribution in [0.5, 0.6) is 0 Å². The Morgan fingerprint density at radius 1 is 1.47 bits per heavy atom. The molecule has 0 atom stereocenters. The Morgan fingerprint density at radius 3 is 3.20 bits per heavy atom. The van der Waals surface area contributed by atoms with E-state index in [2.05, 4.69) is 29.1 Å². The van der Waals surface area contributed by atoms with Gasteiger partial charge in [0, 0.05) is 30.7 Å². The third-order valence-electron chi connectivity index (χ3n) is 3.25. The molecule has 2 aromatic rings. The number of aryl methyl sites for hydroxylation is 1. The zero-order valence-corrected chi connectivity index (χ0v) is 8.88. The fraction of sp³-hybridized carbons (Fsp3) is 0.333. The summed E-state index contributed by atoms with van der Waals surface area (Å²) in [6.45, 7) is 1.10. The molecule has 0 bridgehead atoms. The van der Waals surface area contributed by atoms with Gasteiger partial charge in [-0.05, 0) is 25.0 Å². The summed E-state index contributed by atoms with van der Waals surface area (Å²) in [7, 11) is 2.11. The minimum atomic E-state index is 0.902. The number of H-pyrrole nitrogens is 1. The Hall–Kier alpha value is -1.64. The summed E-state index contributed by atoms with van der Waals surface area (Å²) in [6, 6.07) is 4.15. The van der Waals surface area contributed by atoms with Crippen molar-refractivity contribution in [2.45, 2.75) is 12.8 Å². The topological polar surface area (TPSA) is 45.0 Å². The number of rotatable bonds is 0. The van der Waals surface area contributed by atoms with Crippen LogP contribution in [0.3, 0.4) is 0 Å². The van der Waals surface area contributed by atoms with Crippen molar-refractivity contribution in [2.24, 2.45) is 0 Å². The molecule has 0 fully saturated rings. The SMILES string of the molecule is CN1CCCc2c1c(N)cc1cc[nH]c21. The Labute approximate surface area is 88.9 Å². The van der Waals surface area contributed by atoms with Crippen molar-refractivity contribution < 1.29 is 0 Å². The molecule has 3 heteroatoms. The molecule has 0 unspecified atom stereocenters. The second kappa shape index (κ2) is 2.92. The molecule has 1 aliphatic rings. The summed E-state index contributed by atoms with van der Waals surface area (Å²) in [4.78, 5) is 5.57. The molecule has 2 heterocycles. The van der Waals surface area contributed by atoms with Crippen LogP contribution in [0.25, 0.3) is 10.9 Å². The summed E-state index contributed by atoms with van der Waals surface area (Å²) < 4.78 is 0. The number of anilines is 2. The molecule has 1 aromatic carbocycles. The lowest BCUT2D eigenvalue weighted by molar-refractivity contribution is 0.749. The van der Waals surface area contributed by atoms with Crippen molar-refractivity contribution in [1.29, 1.82) is 0 Å². The highest BCUT2D eigenvalue weighted by molar-refractivity contribution is 5.94. The van der Waals surface area contributed by atoms with E-state index in [9.17, 15) is 0 Å². The number of hydrogen-bond donors (Lipinski definition) is 2. The van der Waals surface area contributed by atoms with Gasteiger partial charge in [0.1, 0.15) is 0 Å². The first-order valence-corrected chi connectivity index (χ1v) is 5.37. The van der Waals surface area contributed by atoms with E-state index in [1.54, 1.807) is 0 Å². The predicted octanol–water partition coefficient (Wildman–Crippen LogP) is 2.13. The molecular formula is C12H15N3. The normalized spacial score (nSPS) is 15.7. The highest BCUT2D eigenvalue weighted by Gasteiger charge is 2.19. The highest BCUT2D eigenvalue weighted by Crippen LogP contribution is 2.37. The smallest absolute Gasteiger partial charge is 0.0651 e. The van der Waals surface area contributed by atoms with E-state index in [4.69, 9.17) is 5.73 Å². The number of nitrogens with one attached hydrogen (secondary N) is 1. The van der Waals surface area contributed by atoms with Gasteiger partial charge in [-0.1, -0.05) is 0 Å². The predicted molar refractivity (Wildman–Crippen MR) is 64.3 cm³/mol. The second-order valence-corrected chi connectivity index (χ2v) is 4.26. The van der Waals surface area contributed by atoms with E-state index >= 15 is 0 Å². The molecule has 1 aromatic heterocycles. The van der Waals surface area contributed by atoms with Crippen molar-refractivity contribution in [3.05, 3.63) is 23.9 Å². The van der Waals surface area contributed by atoms with Crippen LogP contribution in [-0.2, 0) is 6.42 Å². The van der Waals surface area contributed by atoms with Crippen LogP contribution in [0.4, 0.5) is 11.4 Å². The Bertz CT molecular complexity index is 513. The summed E-state index contributed by atoms with van der Waals surface area (Å²) in [6.07, 6.45) is 4.32. The lowest BCUT2D eigenvalue weighted by atomic mass is 9.98. The minimum absolute atomic E-state index is 0.902. The fourth-order valence-electron chi connectivity index (χ4n) is 2.59. The molecule has 78 valence electrons. The maximum Gasteiger partial charge on any atom is 0.0651 e. The van der Waals surface area contributed by atoms with Crippen LogP contribution in [0, 0.1) is 0 Å². The molecule has 0 radical (unpaired) electrons. The number of nitrogens with zero attached hydrogens (tertiary/aromatic N) is 1. The number of fused-ring (bicyclic) bond motifs is 3. The van der Waals surface area contributed by atoms with E-state index in [0.717, 1.165) is 18.7 Å². The minimum Gasteiger partial charge on any atom is -0.397 e. The highest BCUT2D eigenvalue weighted by atomic mass is 15.1.